The number of carbonyl (C=O) groups excluding carboxylic acids is 1. The molecule has 11 heteroatoms. The van der Waals surface area contributed by atoms with E-state index in [9.17, 15) is 4.79 Å². The number of nitrogens with zero attached hydrogens (tertiary/aromatic N) is 6. The highest BCUT2D eigenvalue weighted by Crippen LogP contribution is 2.44. The molecule has 1 unspecified atom stereocenters. The predicted octanol–water partition coefficient (Wildman–Crippen LogP) is 3.78. The number of likely N-dealkylation sites (tertiary alicyclic amines) is 1. The zero-order valence-corrected chi connectivity index (χ0v) is 21.9. The topological polar surface area (TPSA) is 93.2 Å². The van der Waals surface area contributed by atoms with E-state index in [2.05, 4.69) is 42.8 Å². The quantitative estimate of drug-likeness (QED) is 0.311. The van der Waals surface area contributed by atoms with Crippen molar-refractivity contribution in [3.05, 3.63) is 58.5 Å². The standard InChI is InChI=1S/C28H25F2N7OS/c1-2-22(38)36-8-7-16(12-36)35-9-10-37-20(13-35)18(23-26(31)32-14-33-27(23)37)6-5-17-19(29)11-21-25(24(17)30)34-28(39-21)15-3-4-15/h2,11,14-16H,1,3-4,7-10,12-13H2,(H2,31,32,33). The van der Waals surface area contributed by atoms with E-state index in [-0.39, 0.29) is 28.8 Å². The van der Waals surface area contributed by atoms with Gasteiger partial charge >= 0.3 is 0 Å². The first-order valence-electron chi connectivity index (χ1n) is 13.0. The average Bonchev–Trinajstić information content (AvgIpc) is 3.37. The number of anilines is 1. The zero-order chi connectivity index (χ0) is 26.8. The van der Waals surface area contributed by atoms with Crippen LogP contribution in [0.5, 0.6) is 0 Å². The van der Waals surface area contributed by atoms with Gasteiger partial charge in [-0.1, -0.05) is 18.4 Å². The van der Waals surface area contributed by atoms with E-state index in [1.54, 1.807) is 4.90 Å². The lowest BCUT2D eigenvalue weighted by Gasteiger charge is -2.33. The van der Waals surface area contributed by atoms with Crippen LogP contribution in [0.1, 0.15) is 47.0 Å². The minimum Gasteiger partial charge on any atom is -0.383 e. The zero-order valence-electron chi connectivity index (χ0n) is 21.1. The molecule has 1 aliphatic carbocycles. The van der Waals surface area contributed by atoms with Crippen molar-refractivity contribution in [2.24, 2.45) is 0 Å². The van der Waals surface area contributed by atoms with Crippen molar-refractivity contribution in [3.8, 4) is 11.8 Å². The lowest BCUT2D eigenvalue weighted by atomic mass is 10.1. The highest BCUT2D eigenvalue weighted by Gasteiger charge is 2.34. The van der Waals surface area contributed by atoms with E-state index >= 15 is 8.78 Å². The lowest BCUT2D eigenvalue weighted by molar-refractivity contribution is -0.125. The fourth-order valence-corrected chi connectivity index (χ4v) is 6.88. The minimum atomic E-state index is -0.734. The molecule has 3 aromatic heterocycles. The Kier molecular flexibility index (Phi) is 5.64. The summed E-state index contributed by atoms with van der Waals surface area (Å²) in [7, 11) is 0. The minimum absolute atomic E-state index is 0.0661. The highest BCUT2D eigenvalue weighted by molar-refractivity contribution is 7.18. The SMILES string of the molecule is C=CC(=O)N1CCC(N2CCn3c(c(C#Cc4c(F)cc5sc(C6CC6)nc5c4F)c4c(N)ncnc43)C2)C1. The van der Waals surface area contributed by atoms with Gasteiger partial charge in [0.1, 0.15) is 29.1 Å². The molecule has 1 aromatic carbocycles. The maximum absolute atomic E-state index is 15.5. The smallest absolute Gasteiger partial charge is 0.246 e. The van der Waals surface area contributed by atoms with E-state index in [0.717, 1.165) is 36.5 Å². The summed E-state index contributed by atoms with van der Waals surface area (Å²) >= 11 is 1.35. The van der Waals surface area contributed by atoms with E-state index in [0.29, 0.717) is 53.4 Å². The van der Waals surface area contributed by atoms with Crippen LogP contribution in [0, 0.1) is 23.5 Å². The Morgan fingerprint density at radius 2 is 1.97 bits per heavy atom. The molecule has 39 heavy (non-hydrogen) atoms. The average molecular weight is 546 g/mol. The molecule has 0 spiro atoms. The molecule has 5 heterocycles. The maximum atomic E-state index is 15.5. The summed E-state index contributed by atoms with van der Waals surface area (Å²) in [6, 6.07) is 1.52. The third-order valence-electron chi connectivity index (χ3n) is 7.94. The van der Waals surface area contributed by atoms with Gasteiger partial charge in [-0.25, -0.2) is 23.7 Å². The van der Waals surface area contributed by atoms with Crippen LogP contribution in [0.2, 0.25) is 0 Å². The van der Waals surface area contributed by atoms with Gasteiger partial charge in [0.2, 0.25) is 5.91 Å². The summed E-state index contributed by atoms with van der Waals surface area (Å²) < 4.78 is 33.1. The molecule has 1 atom stereocenters. The first-order valence-corrected chi connectivity index (χ1v) is 13.8. The first-order chi connectivity index (χ1) is 18.9. The number of benzene rings is 1. The lowest BCUT2D eigenvalue weighted by Crippen LogP contribution is -2.43. The molecule has 3 aliphatic rings. The van der Waals surface area contributed by atoms with E-state index in [1.807, 2.05) is 0 Å². The Balaban J connectivity index is 1.29. The summed E-state index contributed by atoms with van der Waals surface area (Å²) in [5.41, 5.74) is 8.24. The second-order valence-corrected chi connectivity index (χ2v) is 11.4. The summed E-state index contributed by atoms with van der Waals surface area (Å²) in [5, 5.41) is 1.44. The van der Waals surface area contributed by atoms with Gasteiger partial charge in [-0.05, 0) is 31.4 Å². The number of hydrogen-bond donors (Lipinski definition) is 1. The largest absolute Gasteiger partial charge is 0.383 e. The monoisotopic (exact) mass is 545 g/mol. The van der Waals surface area contributed by atoms with E-state index < -0.39 is 11.6 Å². The van der Waals surface area contributed by atoms with Gasteiger partial charge in [0, 0.05) is 44.7 Å². The van der Waals surface area contributed by atoms with Crippen molar-refractivity contribution in [2.45, 2.75) is 44.3 Å². The van der Waals surface area contributed by atoms with Gasteiger partial charge in [-0.2, -0.15) is 0 Å². The Morgan fingerprint density at radius 3 is 2.77 bits per heavy atom. The normalized spacial score (nSPS) is 19.3. The Bertz CT molecular complexity index is 1750. The van der Waals surface area contributed by atoms with Gasteiger partial charge in [-0.15, -0.1) is 11.3 Å². The van der Waals surface area contributed by atoms with E-state index in [4.69, 9.17) is 5.73 Å². The number of hydrogen-bond acceptors (Lipinski definition) is 7. The van der Waals surface area contributed by atoms with E-state index in [1.165, 1.54) is 29.8 Å². The Hall–Kier alpha value is -3.88. The van der Waals surface area contributed by atoms with Crippen molar-refractivity contribution in [2.75, 3.05) is 25.4 Å². The molecule has 2 fully saturated rings. The molecule has 198 valence electrons. The Morgan fingerprint density at radius 1 is 1.15 bits per heavy atom. The Labute approximate surface area is 227 Å². The van der Waals surface area contributed by atoms with Crippen molar-refractivity contribution in [1.29, 1.82) is 0 Å². The first kappa shape index (κ1) is 24.2. The van der Waals surface area contributed by atoms with Gasteiger partial charge in [0.25, 0.3) is 0 Å². The van der Waals surface area contributed by atoms with Crippen LogP contribution in [-0.2, 0) is 17.9 Å². The van der Waals surface area contributed by atoms with Crippen LogP contribution >= 0.6 is 11.3 Å². The molecular weight excluding hydrogens is 520 g/mol. The maximum Gasteiger partial charge on any atom is 0.246 e. The summed E-state index contributed by atoms with van der Waals surface area (Å²) in [6.45, 7) is 6.86. The van der Waals surface area contributed by atoms with Gasteiger partial charge in [0.15, 0.2) is 5.82 Å². The molecule has 7 rings (SSSR count). The molecule has 1 saturated heterocycles. The summed E-state index contributed by atoms with van der Waals surface area (Å²) in [4.78, 5) is 29.3. The van der Waals surface area contributed by atoms with Crippen molar-refractivity contribution < 1.29 is 13.6 Å². The number of fused-ring (bicyclic) bond motifs is 4. The molecule has 0 bridgehead atoms. The van der Waals surface area contributed by atoms with Crippen LogP contribution < -0.4 is 5.73 Å². The number of aromatic nitrogens is 4. The highest BCUT2D eigenvalue weighted by atomic mass is 32.1. The number of amides is 1. The fraction of sp³-hybridized carbons (Fsp3) is 0.357. The van der Waals surface area contributed by atoms with Crippen molar-refractivity contribution >= 4 is 44.3 Å². The molecule has 0 radical (unpaired) electrons. The molecule has 8 nitrogen and oxygen atoms in total. The second kappa shape index (κ2) is 9.10. The van der Waals surface area contributed by atoms with Crippen LogP contribution in [0.3, 0.4) is 0 Å². The fourth-order valence-electron chi connectivity index (χ4n) is 5.72. The molecule has 2 aliphatic heterocycles. The third kappa shape index (κ3) is 3.97. The van der Waals surface area contributed by atoms with Gasteiger partial charge in [0.05, 0.1) is 31.9 Å². The van der Waals surface area contributed by atoms with Crippen LogP contribution in [0.15, 0.2) is 25.0 Å². The molecule has 2 N–H and O–H groups in total. The molecular formula is C28H25F2N7OS. The summed E-state index contributed by atoms with van der Waals surface area (Å²) in [6.07, 6.45) is 5.69. The number of nitrogens with two attached hydrogens (primary N) is 1. The molecule has 1 saturated carbocycles. The van der Waals surface area contributed by atoms with Gasteiger partial charge < -0.3 is 15.2 Å². The summed E-state index contributed by atoms with van der Waals surface area (Å²) in [5.74, 6) is 4.93. The predicted molar refractivity (Wildman–Crippen MR) is 145 cm³/mol. The number of rotatable bonds is 3. The number of halogens is 2. The van der Waals surface area contributed by atoms with Crippen molar-refractivity contribution in [1.82, 2.24) is 29.3 Å². The third-order valence-corrected chi connectivity index (χ3v) is 9.10. The number of nitrogen functional groups attached to an aromatic ring is 1. The van der Waals surface area contributed by atoms with Crippen LogP contribution in [0.4, 0.5) is 14.6 Å². The number of thiazole rings is 1. The van der Waals surface area contributed by atoms with Gasteiger partial charge in [-0.3, -0.25) is 9.69 Å². The number of carbonyl (C=O) groups is 1. The molecule has 4 aromatic rings. The molecule has 1 amide bonds. The second-order valence-electron chi connectivity index (χ2n) is 10.3. The van der Waals surface area contributed by atoms with Crippen molar-refractivity contribution in [3.63, 3.8) is 0 Å². The van der Waals surface area contributed by atoms with Crippen LogP contribution in [0.25, 0.3) is 21.3 Å². The van der Waals surface area contributed by atoms with Crippen LogP contribution in [-0.4, -0.2) is 60.9 Å².